The fraction of sp³-hybridized carbons (Fsp3) is 0.259. The van der Waals surface area contributed by atoms with Crippen LogP contribution in [-0.4, -0.2) is 58.5 Å². The van der Waals surface area contributed by atoms with Crippen LogP contribution in [-0.2, 0) is 9.57 Å². The highest BCUT2D eigenvalue weighted by molar-refractivity contribution is 6.01. The van der Waals surface area contributed by atoms with Crippen LogP contribution in [0.4, 0.5) is 8.78 Å². The molecule has 0 amide bonds. The first kappa shape index (κ1) is 27.2. The fourth-order valence-electron chi connectivity index (χ4n) is 3.70. The minimum atomic E-state index is -0.537. The second-order valence-corrected chi connectivity index (χ2v) is 7.83. The van der Waals surface area contributed by atoms with Crippen molar-refractivity contribution in [2.45, 2.75) is 19.6 Å². The summed E-state index contributed by atoms with van der Waals surface area (Å²) in [6.45, 7) is 3.22. The maximum Gasteiger partial charge on any atom is 0.213 e. The zero-order chi connectivity index (χ0) is 26.8. The first-order valence-corrected chi connectivity index (χ1v) is 11.4. The average molecular weight is 511 g/mol. The number of aryl methyl sites for hydroxylation is 1. The molecule has 1 fully saturated rings. The Morgan fingerprint density at radius 1 is 1.19 bits per heavy atom. The molecule has 0 aliphatic carbocycles. The number of halogens is 2. The zero-order valence-corrected chi connectivity index (χ0v) is 20.6. The summed E-state index contributed by atoms with van der Waals surface area (Å²) in [5.74, 6) is 0.968. The lowest BCUT2D eigenvalue weighted by molar-refractivity contribution is -0.0146. The molecule has 0 bridgehead atoms. The number of nitrogens with zero attached hydrogens (tertiary/aromatic N) is 4. The van der Waals surface area contributed by atoms with Crippen molar-refractivity contribution in [3.63, 3.8) is 0 Å². The first-order valence-electron chi connectivity index (χ1n) is 11.4. The van der Waals surface area contributed by atoms with E-state index in [0.29, 0.717) is 31.2 Å². The second-order valence-electron chi connectivity index (χ2n) is 7.83. The summed E-state index contributed by atoms with van der Waals surface area (Å²) in [6, 6.07) is 10.5. The molecule has 10 heteroatoms. The van der Waals surface area contributed by atoms with Gasteiger partial charge in [-0.05, 0) is 42.8 Å². The van der Waals surface area contributed by atoms with Crippen LogP contribution in [0, 0.1) is 31.4 Å². The Morgan fingerprint density at radius 3 is 2.54 bits per heavy atom. The molecule has 194 valence electrons. The van der Waals surface area contributed by atoms with Crippen LogP contribution in [0.1, 0.15) is 17.7 Å². The highest BCUT2D eigenvalue weighted by Crippen LogP contribution is 2.28. The number of amidine groups is 1. The van der Waals surface area contributed by atoms with Gasteiger partial charge in [0.2, 0.25) is 12.1 Å². The molecule has 1 N–H and O–H groups in total. The number of benzene rings is 2. The van der Waals surface area contributed by atoms with Crippen molar-refractivity contribution in [3.05, 3.63) is 83.6 Å². The number of imidazole rings is 1. The van der Waals surface area contributed by atoms with Crippen molar-refractivity contribution in [1.29, 1.82) is 0 Å². The highest BCUT2D eigenvalue weighted by Gasteiger charge is 2.35. The highest BCUT2D eigenvalue weighted by atomic mass is 19.1. The van der Waals surface area contributed by atoms with Crippen LogP contribution < -0.4 is 4.74 Å². The van der Waals surface area contributed by atoms with E-state index in [2.05, 4.69) is 23.0 Å². The first-order chi connectivity index (χ1) is 18.0. The monoisotopic (exact) mass is 510 g/mol. The molecule has 1 saturated heterocycles. The number of morpholine rings is 1. The third-order valence-electron chi connectivity index (χ3n) is 5.34. The van der Waals surface area contributed by atoms with Gasteiger partial charge < -0.3 is 28.9 Å². The molecule has 0 saturated carbocycles. The standard InChI is InChI=1S/C19H22N4O4.C6H4F2.C2H2/c1-13-11-22(12-20-13)15-4-3-14(9-16(15)25-2)10-17-19-21-27-18(5-7-24)23(19)6-8-26-17;7-5-2-1-3-6(8)4-5;1-2/h3-4,9-12,18,24H,5-8H2,1-2H3;1-4H;1-2H/b17-10-;;. The molecule has 0 radical (unpaired) electrons. The maximum atomic E-state index is 11.9. The fourth-order valence-corrected chi connectivity index (χ4v) is 3.70. The van der Waals surface area contributed by atoms with Crippen molar-refractivity contribution in [3.8, 4) is 24.3 Å². The Hall–Kier alpha value is -4.36. The molecule has 2 aromatic carbocycles. The molecular weight excluding hydrogens is 482 g/mol. The Kier molecular flexibility index (Phi) is 9.63. The van der Waals surface area contributed by atoms with Gasteiger partial charge in [0.25, 0.3) is 0 Å². The van der Waals surface area contributed by atoms with Crippen molar-refractivity contribution in [2.24, 2.45) is 5.16 Å². The van der Waals surface area contributed by atoms with E-state index in [-0.39, 0.29) is 12.8 Å². The van der Waals surface area contributed by atoms with Crippen molar-refractivity contribution >= 4 is 11.9 Å². The van der Waals surface area contributed by atoms with Gasteiger partial charge in [-0.15, -0.1) is 12.8 Å². The van der Waals surface area contributed by atoms with Gasteiger partial charge in [-0.2, -0.15) is 0 Å². The summed E-state index contributed by atoms with van der Waals surface area (Å²) in [5.41, 5.74) is 2.78. The lowest BCUT2D eigenvalue weighted by Gasteiger charge is -2.29. The summed E-state index contributed by atoms with van der Waals surface area (Å²) in [4.78, 5) is 11.7. The largest absolute Gasteiger partial charge is 0.495 e. The topological polar surface area (TPSA) is 81.3 Å². The molecule has 37 heavy (non-hydrogen) atoms. The van der Waals surface area contributed by atoms with Crippen molar-refractivity contribution < 1.29 is 28.2 Å². The predicted octanol–water partition coefficient (Wildman–Crippen LogP) is 4.13. The predicted molar refractivity (Wildman–Crippen MR) is 136 cm³/mol. The third kappa shape index (κ3) is 6.86. The van der Waals surface area contributed by atoms with Gasteiger partial charge in [-0.1, -0.05) is 17.3 Å². The Balaban J connectivity index is 0.000000322. The zero-order valence-electron chi connectivity index (χ0n) is 20.6. The average Bonchev–Trinajstić information content (AvgIpc) is 3.52. The number of aliphatic hydroxyl groups excluding tert-OH is 1. The normalized spacial score (nSPS) is 16.7. The van der Waals surface area contributed by atoms with E-state index in [4.69, 9.17) is 14.3 Å². The van der Waals surface area contributed by atoms with Crippen molar-refractivity contribution in [2.75, 3.05) is 26.9 Å². The molecule has 2 aliphatic heterocycles. The van der Waals surface area contributed by atoms with E-state index in [1.807, 2.05) is 46.9 Å². The van der Waals surface area contributed by atoms with E-state index in [0.717, 1.165) is 28.8 Å². The number of aromatic nitrogens is 2. The van der Waals surface area contributed by atoms with Crippen LogP contribution in [0.2, 0.25) is 0 Å². The Labute approximate surface area is 214 Å². The number of hydrogen-bond acceptors (Lipinski definition) is 7. The lowest BCUT2D eigenvalue weighted by Crippen LogP contribution is -2.43. The molecule has 2 aliphatic rings. The molecule has 3 aromatic rings. The quantitative estimate of drug-likeness (QED) is 0.520. The van der Waals surface area contributed by atoms with Gasteiger partial charge >= 0.3 is 0 Å². The number of aliphatic hydroxyl groups is 1. The number of terminal acetylenes is 1. The number of oxime groups is 1. The SMILES string of the molecule is C#C.COc1cc(/C=C2\OCCN3C2=NOC3CCO)ccc1-n1cnc(C)c1.Fc1cccc(F)c1. The summed E-state index contributed by atoms with van der Waals surface area (Å²) < 4.78 is 37.2. The van der Waals surface area contributed by atoms with Gasteiger partial charge in [0.1, 0.15) is 24.0 Å². The van der Waals surface area contributed by atoms with Gasteiger partial charge in [0.05, 0.1) is 31.4 Å². The van der Waals surface area contributed by atoms with E-state index in [9.17, 15) is 13.9 Å². The van der Waals surface area contributed by atoms with Crippen LogP contribution in [0.15, 0.2) is 65.9 Å². The molecule has 5 rings (SSSR count). The smallest absolute Gasteiger partial charge is 0.213 e. The van der Waals surface area contributed by atoms with Crippen LogP contribution in [0.5, 0.6) is 5.75 Å². The molecule has 8 nitrogen and oxygen atoms in total. The minimum absolute atomic E-state index is 0.0518. The van der Waals surface area contributed by atoms with E-state index >= 15 is 0 Å². The van der Waals surface area contributed by atoms with Gasteiger partial charge in [-0.25, -0.2) is 13.8 Å². The van der Waals surface area contributed by atoms with E-state index < -0.39 is 11.6 Å². The van der Waals surface area contributed by atoms with Gasteiger partial charge in [0.15, 0.2) is 5.76 Å². The Morgan fingerprint density at radius 2 is 1.95 bits per heavy atom. The van der Waals surface area contributed by atoms with E-state index in [1.165, 1.54) is 18.2 Å². The number of methoxy groups -OCH3 is 1. The second kappa shape index (κ2) is 13.1. The Bertz CT molecular complexity index is 1250. The van der Waals surface area contributed by atoms with E-state index in [1.54, 1.807) is 13.4 Å². The summed E-state index contributed by atoms with van der Waals surface area (Å²) in [7, 11) is 1.65. The maximum absolute atomic E-state index is 11.9. The number of hydrogen-bond donors (Lipinski definition) is 1. The van der Waals surface area contributed by atoms with Gasteiger partial charge in [0, 0.05) is 25.3 Å². The van der Waals surface area contributed by atoms with Crippen LogP contribution in [0.25, 0.3) is 11.8 Å². The van der Waals surface area contributed by atoms with Crippen molar-refractivity contribution in [1.82, 2.24) is 14.5 Å². The minimum Gasteiger partial charge on any atom is -0.495 e. The molecule has 1 aromatic heterocycles. The molecule has 0 spiro atoms. The summed E-state index contributed by atoms with van der Waals surface area (Å²) >= 11 is 0. The van der Waals surface area contributed by atoms with Crippen LogP contribution >= 0.6 is 0 Å². The lowest BCUT2D eigenvalue weighted by atomic mass is 10.1. The third-order valence-corrected chi connectivity index (χ3v) is 5.34. The van der Waals surface area contributed by atoms with Gasteiger partial charge in [-0.3, -0.25) is 0 Å². The summed E-state index contributed by atoms with van der Waals surface area (Å²) in [5, 5.41) is 13.3. The molecule has 3 heterocycles. The molecular formula is C27H28F2N4O4. The number of fused-ring (bicyclic) bond motifs is 1. The molecule has 1 atom stereocenters. The number of rotatable bonds is 5. The number of ether oxygens (including phenoxy) is 2. The van der Waals surface area contributed by atoms with Crippen LogP contribution in [0.3, 0.4) is 0 Å². The summed E-state index contributed by atoms with van der Waals surface area (Å²) in [6.07, 6.45) is 13.9. The molecule has 1 unspecified atom stereocenters.